The minimum absolute atomic E-state index is 0.0237. The van der Waals surface area contributed by atoms with E-state index < -0.39 is 9.73 Å². The number of morpholine rings is 1. The van der Waals surface area contributed by atoms with Gasteiger partial charge >= 0.3 is 0 Å². The van der Waals surface area contributed by atoms with Gasteiger partial charge < -0.3 is 14.7 Å². The van der Waals surface area contributed by atoms with Crippen molar-refractivity contribution in [2.45, 2.75) is 30.3 Å². The summed E-state index contributed by atoms with van der Waals surface area (Å²) in [6.07, 6.45) is 4.18. The molecule has 0 bridgehead atoms. The second-order valence-electron chi connectivity index (χ2n) is 8.48. The van der Waals surface area contributed by atoms with Crippen LogP contribution in [0.5, 0.6) is 5.75 Å². The fraction of sp³-hybridized carbons (Fsp3) is 0.391. The zero-order valence-electron chi connectivity index (χ0n) is 18.7. The van der Waals surface area contributed by atoms with E-state index in [4.69, 9.17) is 14.1 Å². The van der Waals surface area contributed by atoms with Gasteiger partial charge in [-0.3, -0.25) is 10.4 Å². The fourth-order valence-corrected chi connectivity index (χ4v) is 5.80. The first-order valence-corrected chi connectivity index (χ1v) is 13.0. The molecule has 9 nitrogen and oxygen atoms in total. The third-order valence-corrected chi connectivity index (χ3v) is 7.80. The van der Waals surface area contributed by atoms with Gasteiger partial charge in [0.25, 0.3) is 0 Å². The van der Waals surface area contributed by atoms with Gasteiger partial charge in [0, 0.05) is 37.0 Å². The first kappa shape index (κ1) is 22.0. The van der Waals surface area contributed by atoms with E-state index >= 15 is 0 Å². The Morgan fingerprint density at radius 2 is 2.15 bits per heavy atom. The van der Waals surface area contributed by atoms with Crippen LogP contribution in [0.15, 0.2) is 51.9 Å². The number of rotatable bonds is 4. The van der Waals surface area contributed by atoms with Gasteiger partial charge in [0.1, 0.15) is 11.6 Å². The normalized spacial score (nSPS) is 22.9. The van der Waals surface area contributed by atoms with Crippen molar-refractivity contribution in [2.24, 2.45) is 4.36 Å². The Balaban J connectivity index is 1.74. The number of phenolic OH excluding ortho intramolecular Hbond substituents is 1. The quantitative estimate of drug-likeness (QED) is 0.536. The smallest absolute Gasteiger partial charge is 0.132 e. The lowest BCUT2D eigenvalue weighted by molar-refractivity contribution is 0.0986. The number of anilines is 1. The van der Waals surface area contributed by atoms with E-state index in [-0.39, 0.29) is 17.8 Å². The molecule has 4 heterocycles. The maximum atomic E-state index is 13.7. The molecule has 2 saturated heterocycles. The van der Waals surface area contributed by atoms with Crippen LogP contribution in [0.2, 0.25) is 0 Å². The highest BCUT2D eigenvalue weighted by Gasteiger charge is 2.25. The Labute approximate surface area is 193 Å². The van der Waals surface area contributed by atoms with Gasteiger partial charge in [0.15, 0.2) is 0 Å². The summed E-state index contributed by atoms with van der Waals surface area (Å²) >= 11 is 0. The number of nitrogens with one attached hydrogen (secondary N) is 2. The monoisotopic (exact) mass is 468 g/mol. The van der Waals surface area contributed by atoms with E-state index in [1.54, 1.807) is 30.7 Å². The Bertz CT molecular complexity index is 1300. The van der Waals surface area contributed by atoms with Crippen molar-refractivity contribution < 1.29 is 14.1 Å². The Morgan fingerprint density at radius 1 is 1.30 bits per heavy atom. The average Bonchev–Trinajstić information content (AvgIpc) is 3.34. The summed E-state index contributed by atoms with van der Waals surface area (Å²) in [5.41, 5.74) is 8.57. The van der Waals surface area contributed by atoms with Crippen molar-refractivity contribution >= 4 is 32.1 Å². The minimum Gasteiger partial charge on any atom is -0.507 e. The number of benzene rings is 1. The highest BCUT2D eigenvalue weighted by atomic mass is 32.2. The second kappa shape index (κ2) is 8.86. The summed E-state index contributed by atoms with van der Waals surface area (Å²) < 4.78 is 24.0. The van der Waals surface area contributed by atoms with Gasteiger partial charge in [-0.05, 0) is 31.5 Å². The number of fused-ring (bicyclic) bond motifs is 1. The van der Waals surface area contributed by atoms with Crippen molar-refractivity contribution in [3.63, 3.8) is 0 Å². The van der Waals surface area contributed by atoms with E-state index in [0.29, 0.717) is 30.3 Å². The average molecular weight is 469 g/mol. The van der Waals surface area contributed by atoms with Gasteiger partial charge in [-0.2, -0.15) is 4.36 Å². The molecule has 2 aliphatic heterocycles. The molecule has 1 aromatic carbocycles. The van der Waals surface area contributed by atoms with Crippen molar-refractivity contribution in [3.05, 3.63) is 48.3 Å². The summed E-state index contributed by atoms with van der Waals surface area (Å²) in [6, 6.07) is 10.5. The van der Waals surface area contributed by atoms with E-state index in [1.165, 1.54) is 6.07 Å². The predicted octanol–water partition coefficient (Wildman–Crippen LogP) is 2.89. The molecule has 3 atom stereocenters. The number of nitrogens with zero attached hydrogens (tertiary/aromatic N) is 4. The van der Waals surface area contributed by atoms with Crippen LogP contribution >= 0.6 is 0 Å². The maximum Gasteiger partial charge on any atom is 0.132 e. The Morgan fingerprint density at radius 3 is 2.91 bits per heavy atom. The molecule has 2 fully saturated rings. The number of hydrazine groups is 1. The lowest BCUT2D eigenvalue weighted by atomic mass is 10.1. The summed E-state index contributed by atoms with van der Waals surface area (Å²) in [6.45, 7) is 4.88. The zero-order valence-corrected chi connectivity index (χ0v) is 19.5. The van der Waals surface area contributed by atoms with E-state index in [9.17, 15) is 9.32 Å². The third kappa shape index (κ3) is 4.26. The molecule has 10 heteroatoms. The summed E-state index contributed by atoms with van der Waals surface area (Å²) in [7, 11) is -2.92. The highest BCUT2D eigenvalue weighted by molar-refractivity contribution is 7.93. The first-order chi connectivity index (χ1) is 15.9. The lowest BCUT2D eigenvalue weighted by Gasteiger charge is -2.34. The Hall–Kier alpha value is -2.79. The maximum absolute atomic E-state index is 13.7. The van der Waals surface area contributed by atoms with Crippen LogP contribution in [-0.2, 0) is 14.5 Å². The van der Waals surface area contributed by atoms with E-state index in [0.717, 1.165) is 35.4 Å². The molecule has 0 saturated carbocycles. The number of aromatic nitrogens is 2. The topological polar surface area (TPSA) is 112 Å². The van der Waals surface area contributed by atoms with Crippen molar-refractivity contribution in [2.75, 3.05) is 37.5 Å². The number of pyridine rings is 2. The van der Waals surface area contributed by atoms with E-state index in [1.807, 2.05) is 12.1 Å². The molecule has 2 aromatic heterocycles. The van der Waals surface area contributed by atoms with Gasteiger partial charge in [-0.1, -0.05) is 12.1 Å². The van der Waals surface area contributed by atoms with Crippen LogP contribution < -0.4 is 15.8 Å². The van der Waals surface area contributed by atoms with Crippen LogP contribution in [0.25, 0.3) is 10.9 Å². The summed E-state index contributed by atoms with van der Waals surface area (Å²) in [5.74, 6) is 0.725. The fourth-order valence-electron chi connectivity index (χ4n) is 4.39. The van der Waals surface area contributed by atoms with E-state index in [2.05, 4.69) is 27.7 Å². The number of aromatic hydroxyl groups is 1. The van der Waals surface area contributed by atoms with Crippen LogP contribution in [-0.4, -0.2) is 57.9 Å². The first-order valence-electron chi connectivity index (χ1n) is 11.1. The molecule has 0 spiro atoms. The molecule has 0 amide bonds. The highest BCUT2D eigenvalue weighted by Crippen LogP contribution is 2.36. The van der Waals surface area contributed by atoms with Gasteiger partial charge in [-0.15, -0.1) is 0 Å². The van der Waals surface area contributed by atoms with Crippen LogP contribution in [0.3, 0.4) is 0 Å². The number of hydrogen-bond acceptors (Lipinski definition) is 9. The third-order valence-electron chi connectivity index (χ3n) is 6.09. The molecule has 174 valence electrons. The molecule has 0 aliphatic carbocycles. The number of ether oxygens (including phenoxy) is 1. The van der Waals surface area contributed by atoms with Crippen LogP contribution in [0.1, 0.15) is 25.1 Å². The second-order valence-corrected chi connectivity index (χ2v) is 10.7. The molecule has 5 rings (SSSR count). The van der Waals surface area contributed by atoms with Crippen molar-refractivity contribution in [1.29, 1.82) is 0 Å². The van der Waals surface area contributed by atoms with Gasteiger partial charge in [0.05, 0.1) is 56.8 Å². The molecular weight excluding hydrogens is 440 g/mol. The zero-order chi connectivity index (χ0) is 23.0. The van der Waals surface area contributed by atoms with Crippen LogP contribution in [0.4, 0.5) is 11.5 Å². The SMILES string of the molecule is C[C@@H]1COCCN1c1cc(N=S(C)(=O)c2ccccc2O)c2ccnc(C3CCNN3)c2n1. The molecule has 33 heavy (non-hydrogen) atoms. The summed E-state index contributed by atoms with van der Waals surface area (Å²) in [5, 5.41) is 11.1. The van der Waals surface area contributed by atoms with Gasteiger partial charge in [0.2, 0.25) is 0 Å². The number of phenols is 1. The standard InChI is InChI=1S/C23H28N6O3S/c1-15-14-32-12-11-29(15)21-13-18(28-33(2,31)20-6-4-3-5-19(20)30)16-7-9-24-23(22(16)26-21)17-8-10-25-27-17/h3-7,9,13,15,17,25,27,30H,8,10-12,14H2,1-2H3/t15-,17?,33?/m1/s1. The van der Waals surface area contributed by atoms with Crippen LogP contribution in [0, 0.1) is 0 Å². The largest absolute Gasteiger partial charge is 0.507 e. The molecule has 2 aliphatic rings. The molecule has 3 aromatic rings. The summed E-state index contributed by atoms with van der Waals surface area (Å²) in [4.78, 5) is 12.2. The molecule has 0 radical (unpaired) electrons. The number of hydrogen-bond donors (Lipinski definition) is 3. The molecule has 3 N–H and O–H groups in total. The van der Waals surface area contributed by atoms with Gasteiger partial charge in [-0.25, -0.2) is 14.6 Å². The molecule has 2 unspecified atom stereocenters. The lowest BCUT2D eigenvalue weighted by Crippen LogP contribution is -2.44. The number of para-hydroxylation sites is 1. The van der Waals surface area contributed by atoms with Crippen molar-refractivity contribution in [3.8, 4) is 5.75 Å². The van der Waals surface area contributed by atoms with Crippen molar-refractivity contribution in [1.82, 2.24) is 20.8 Å². The Kier molecular flexibility index (Phi) is 5.92. The molecular formula is C23H28N6O3S. The predicted molar refractivity (Wildman–Crippen MR) is 128 cm³/mol. The minimum atomic E-state index is -2.92.